The monoisotopic (exact) mass is 521 g/mol. The second kappa shape index (κ2) is 12.8. The number of aliphatic imine (C=N–C) groups is 1. The van der Waals surface area contributed by atoms with Crippen molar-refractivity contribution in [2.75, 3.05) is 45.8 Å². The van der Waals surface area contributed by atoms with Gasteiger partial charge in [0, 0.05) is 44.3 Å². The van der Waals surface area contributed by atoms with E-state index in [0.717, 1.165) is 12.1 Å². The SMILES string of the molecule is CCNC(=O)CN=C(NCC)N1CCN(C(=O)Cc2cccc(Cl)c2)CC1.I. The molecule has 0 aliphatic carbocycles. The summed E-state index contributed by atoms with van der Waals surface area (Å²) in [4.78, 5) is 32.5. The van der Waals surface area contributed by atoms with E-state index in [1.165, 1.54) is 0 Å². The first-order valence-electron chi connectivity index (χ1n) is 9.35. The summed E-state index contributed by atoms with van der Waals surface area (Å²) < 4.78 is 0. The Bertz CT molecular complexity index is 678. The van der Waals surface area contributed by atoms with Gasteiger partial charge in [0.05, 0.1) is 6.42 Å². The average molecular weight is 522 g/mol. The first kappa shape index (κ1) is 24.5. The lowest BCUT2D eigenvalue weighted by molar-refractivity contribution is -0.131. The van der Waals surface area contributed by atoms with E-state index >= 15 is 0 Å². The number of rotatable bonds is 6. The highest BCUT2D eigenvalue weighted by atomic mass is 127. The maximum Gasteiger partial charge on any atom is 0.241 e. The lowest BCUT2D eigenvalue weighted by atomic mass is 10.1. The summed E-state index contributed by atoms with van der Waals surface area (Å²) in [6.45, 7) is 7.92. The molecule has 0 unspecified atom stereocenters. The summed E-state index contributed by atoms with van der Waals surface area (Å²) in [6, 6.07) is 7.40. The van der Waals surface area contributed by atoms with Gasteiger partial charge in [-0.25, -0.2) is 4.99 Å². The van der Waals surface area contributed by atoms with Gasteiger partial charge in [0.2, 0.25) is 11.8 Å². The van der Waals surface area contributed by atoms with Gasteiger partial charge in [-0.3, -0.25) is 9.59 Å². The number of hydrogen-bond acceptors (Lipinski definition) is 3. The Kier molecular flexibility index (Phi) is 11.2. The third-order valence-corrected chi connectivity index (χ3v) is 4.49. The number of carbonyl (C=O) groups excluding carboxylic acids is 2. The molecule has 0 atom stereocenters. The van der Waals surface area contributed by atoms with Crippen LogP contribution in [0.5, 0.6) is 0 Å². The zero-order valence-corrected chi connectivity index (χ0v) is 19.5. The van der Waals surface area contributed by atoms with Crippen LogP contribution in [0.4, 0.5) is 0 Å². The maximum absolute atomic E-state index is 12.5. The summed E-state index contributed by atoms with van der Waals surface area (Å²) in [5.74, 6) is 0.718. The molecule has 1 heterocycles. The molecule has 1 aliphatic rings. The van der Waals surface area contributed by atoms with Crippen LogP contribution in [-0.2, 0) is 16.0 Å². The van der Waals surface area contributed by atoms with Gasteiger partial charge in [0.25, 0.3) is 0 Å². The zero-order valence-electron chi connectivity index (χ0n) is 16.4. The minimum absolute atomic E-state index is 0. The van der Waals surface area contributed by atoms with Gasteiger partial charge in [-0.05, 0) is 31.5 Å². The van der Waals surface area contributed by atoms with Gasteiger partial charge in [0.1, 0.15) is 6.54 Å². The number of nitrogens with zero attached hydrogens (tertiary/aromatic N) is 3. The van der Waals surface area contributed by atoms with Crippen molar-refractivity contribution in [1.82, 2.24) is 20.4 Å². The summed E-state index contributed by atoms with van der Waals surface area (Å²) in [6.07, 6.45) is 0.353. The fourth-order valence-electron chi connectivity index (χ4n) is 2.93. The van der Waals surface area contributed by atoms with Crippen LogP contribution in [0.2, 0.25) is 5.02 Å². The number of carbonyl (C=O) groups is 2. The Morgan fingerprint density at radius 1 is 1.07 bits per heavy atom. The van der Waals surface area contributed by atoms with Crippen molar-refractivity contribution < 1.29 is 9.59 Å². The molecule has 0 saturated carbocycles. The lowest BCUT2D eigenvalue weighted by Gasteiger charge is -2.36. The number of halogens is 2. The normalized spacial score (nSPS) is 14.3. The zero-order chi connectivity index (χ0) is 19.6. The second-order valence-corrected chi connectivity index (χ2v) is 6.73. The molecule has 156 valence electrons. The maximum atomic E-state index is 12.5. The molecule has 0 radical (unpaired) electrons. The highest BCUT2D eigenvalue weighted by Crippen LogP contribution is 2.13. The van der Waals surface area contributed by atoms with Crippen LogP contribution in [0.15, 0.2) is 29.3 Å². The fraction of sp³-hybridized carbons (Fsp3) is 0.526. The van der Waals surface area contributed by atoms with Crippen LogP contribution in [0.3, 0.4) is 0 Å². The summed E-state index contributed by atoms with van der Waals surface area (Å²) in [5.41, 5.74) is 0.923. The summed E-state index contributed by atoms with van der Waals surface area (Å²) in [7, 11) is 0. The molecule has 0 spiro atoms. The molecular formula is C19H29ClIN5O2. The number of likely N-dealkylation sites (N-methyl/N-ethyl adjacent to an activating group) is 1. The van der Waals surface area contributed by atoms with E-state index in [-0.39, 0.29) is 42.3 Å². The Hall–Kier alpha value is -1.55. The standard InChI is InChI=1S/C19H28ClN5O2.HI/c1-3-21-17(26)14-23-19(22-4-2)25-10-8-24(9-11-25)18(27)13-15-6-5-7-16(20)12-15;/h5-7,12H,3-4,8-11,13-14H2,1-2H3,(H,21,26)(H,22,23);1H. The van der Waals surface area contributed by atoms with E-state index in [9.17, 15) is 9.59 Å². The van der Waals surface area contributed by atoms with Crippen molar-refractivity contribution in [2.24, 2.45) is 4.99 Å². The molecule has 2 N–H and O–H groups in total. The van der Waals surface area contributed by atoms with E-state index < -0.39 is 0 Å². The Morgan fingerprint density at radius 3 is 2.32 bits per heavy atom. The molecule has 0 aromatic heterocycles. The summed E-state index contributed by atoms with van der Waals surface area (Å²) in [5, 5.41) is 6.60. The highest BCUT2D eigenvalue weighted by molar-refractivity contribution is 14.0. The molecule has 7 nitrogen and oxygen atoms in total. The fourth-order valence-corrected chi connectivity index (χ4v) is 3.14. The quantitative estimate of drug-likeness (QED) is 0.340. The van der Waals surface area contributed by atoms with E-state index in [1.807, 2.05) is 36.9 Å². The molecule has 0 bridgehead atoms. The number of amides is 2. The van der Waals surface area contributed by atoms with Gasteiger partial charge in [0.15, 0.2) is 5.96 Å². The van der Waals surface area contributed by atoms with Crippen LogP contribution in [0.1, 0.15) is 19.4 Å². The van der Waals surface area contributed by atoms with Crippen molar-refractivity contribution >= 4 is 53.4 Å². The van der Waals surface area contributed by atoms with Crippen molar-refractivity contribution in [2.45, 2.75) is 20.3 Å². The van der Waals surface area contributed by atoms with E-state index in [4.69, 9.17) is 11.6 Å². The van der Waals surface area contributed by atoms with Gasteiger partial charge in [-0.2, -0.15) is 0 Å². The highest BCUT2D eigenvalue weighted by Gasteiger charge is 2.23. The predicted octanol–water partition coefficient (Wildman–Crippen LogP) is 1.75. The minimum Gasteiger partial charge on any atom is -0.357 e. The molecule has 1 fully saturated rings. The van der Waals surface area contributed by atoms with Crippen molar-refractivity contribution in [3.63, 3.8) is 0 Å². The smallest absolute Gasteiger partial charge is 0.241 e. The number of benzene rings is 1. The molecule has 1 aromatic carbocycles. The number of piperazine rings is 1. The second-order valence-electron chi connectivity index (χ2n) is 6.30. The van der Waals surface area contributed by atoms with Crippen LogP contribution in [0, 0.1) is 0 Å². The first-order valence-corrected chi connectivity index (χ1v) is 9.73. The molecule has 1 aliphatic heterocycles. The Morgan fingerprint density at radius 2 is 1.71 bits per heavy atom. The number of guanidine groups is 1. The van der Waals surface area contributed by atoms with Crippen LogP contribution < -0.4 is 10.6 Å². The number of nitrogens with one attached hydrogen (secondary N) is 2. The topological polar surface area (TPSA) is 77.0 Å². The molecule has 2 amide bonds. The van der Waals surface area contributed by atoms with E-state index in [0.29, 0.717) is 50.1 Å². The van der Waals surface area contributed by atoms with Gasteiger partial charge in [-0.15, -0.1) is 24.0 Å². The van der Waals surface area contributed by atoms with E-state index in [1.54, 1.807) is 6.07 Å². The molecular weight excluding hydrogens is 493 g/mol. The van der Waals surface area contributed by atoms with Crippen molar-refractivity contribution in [3.8, 4) is 0 Å². The Balaban J connectivity index is 0.00000392. The van der Waals surface area contributed by atoms with Crippen molar-refractivity contribution in [1.29, 1.82) is 0 Å². The van der Waals surface area contributed by atoms with Gasteiger partial charge in [-0.1, -0.05) is 23.7 Å². The van der Waals surface area contributed by atoms with Crippen LogP contribution in [0.25, 0.3) is 0 Å². The minimum atomic E-state index is -0.0942. The average Bonchev–Trinajstić information content (AvgIpc) is 2.65. The van der Waals surface area contributed by atoms with Gasteiger partial charge < -0.3 is 20.4 Å². The number of hydrogen-bond donors (Lipinski definition) is 2. The van der Waals surface area contributed by atoms with Crippen LogP contribution in [-0.4, -0.2) is 73.4 Å². The summed E-state index contributed by atoms with van der Waals surface area (Å²) >= 11 is 5.99. The molecule has 1 saturated heterocycles. The molecule has 2 rings (SSSR count). The third-order valence-electron chi connectivity index (χ3n) is 4.26. The predicted molar refractivity (Wildman–Crippen MR) is 123 cm³/mol. The van der Waals surface area contributed by atoms with Gasteiger partial charge >= 0.3 is 0 Å². The molecule has 9 heteroatoms. The first-order chi connectivity index (χ1) is 13.0. The molecule has 1 aromatic rings. The van der Waals surface area contributed by atoms with Crippen LogP contribution >= 0.6 is 35.6 Å². The Labute approximate surface area is 188 Å². The molecule has 28 heavy (non-hydrogen) atoms. The van der Waals surface area contributed by atoms with E-state index in [2.05, 4.69) is 20.5 Å². The van der Waals surface area contributed by atoms with Crippen molar-refractivity contribution in [3.05, 3.63) is 34.9 Å². The third kappa shape index (κ3) is 7.83. The largest absolute Gasteiger partial charge is 0.357 e. The lowest BCUT2D eigenvalue weighted by Crippen LogP contribution is -2.54.